The number of hydrogen-bond acceptors (Lipinski definition) is 4. The summed E-state index contributed by atoms with van der Waals surface area (Å²) in [4.78, 5) is 2.40. The molecule has 1 aliphatic heterocycles. The Hall–Kier alpha value is -1.26. The number of benzene rings is 1. The van der Waals surface area contributed by atoms with Crippen molar-refractivity contribution in [1.82, 2.24) is 10.2 Å². The van der Waals surface area contributed by atoms with Crippen molar-refractivity contribution in [2.75, 3.05) is 33.8 Å². The molecule has 1 saturated heterocycles. The molecule has 2 rings (SSSR count). The summed E-state index contributed by atoms with van der Waals surface area (Å²) in [6, 6.07) is 5.46. The fourth-order valence-corrected chi connectivity index (χ4v) is 2.70. The van der Waals surface area contributed by atoms with Gasteiger partial charge in [0.15, 0.2) is 0 Å². The van der Waals surface area contributed by atoms with E-state index in [-0.39, 0.29) is 0 Å². The normalized spacial score (nSPS) is 17.3. The first-order valence-corrected chi connectivity index (χ1v) is 7.44. The van der Waals surface area contributed by atoms with E-state index in [2.05, 4.69) is 17.3 Å². The van der Waals surface area contributed by atoms with Crippen LogP contribution < -0.4 is 10.1 Å². The molecule has 0 atom stereocenters. The summed E-state index contributed by atoms with van der Waals surface area (Å²) >= 11 is 0. The SMILES string of the molecule is COc1ccc(CNCCC2CCN(C)CC2)c(O)c1. The quantitative estimate of drug-likeness (QED) is 0.783. The molecule has 1 heterocycles. The number of nitrogens with one attached hydrogen (secondary N) is 1. The summed E-state index contributed by atoms with van der Waals surface area (Å²) in [5.41, 5.74) is 0.925. The van der Waals surface area contributed by atoms with Crippen molar-refractivity contribution < 1.29 is 9.84 Å². The molecular formula is C16H26N2O2. The smallest absolute Gasteiger partial charge is 0.123 e. The Kier molecular flexibility index (Phi) is 5.68. The highest BCUT2D eigenvalue weighted by molar-refractivity contribution is 5.39. The van der Waals surface area contributed by atoms with E-state index in [1.807, 2.05) is 12.1 Å². The van der Waals surface area contributed by atoms with E-state index >= 15 is 0 Å². The lowest BCUT2D eigenvalue weighted by molar-refractivity contribution is 0.211. The minimum atomic E-state index is 0.302. The first kappa shape index (κ1) is 15.1. The van der Waals surface area contributed by atoms with Gasteiger partial charge >= 0.3 is 0 Å². The highest BCUT2D eigenvalue weighted by atomic mass is 16.5. The van der Waals surface area contributed by atoms with Crippen molar-refractivity contribution >= 4 is 0 Å². The molecule has 1 aliphatic rings. The molecule has 20 heavy (non-hydrogen) atoms. The molecule has 1 aromatic rings. The van der Waals surface area contributed by atoms with Crippen molar-refractivity contribution in [3.8, 4) is 11.5 Å². The van der Waals surface area contributed by atoms with E-state index in [0.29, 0.717) is 18.0 Å². The summed E-state index contributed by atoms with van der Waals surface area (Å²) in [7, 11) is 3.80. The predicted octanol–water partition coefficient (Wildman–Crippen LogP) is 2.22. The molecule has 0 aromatic heterocycles. The summed E-state index contributed by atoms with van der Waals surface area (Å²) in [5.74, 6) is 1.84. The molecule has 2 N–H and O–H groups in total. The van der Waals surface area contributed by atoms with Crippen LogP contribution in [0.15, 0.2) is 18.2 Å². The van der Waals surface area contributed by atoms with Gasteiger partial charge in [0.25, 0.3) is 0 Å². The van der Waals surface area contributed by atoms with Crippen LogP contribution in [0.3, 0.4) is 0 Å². The van der Waals surface area contributed by atoms with Gasteiger partial charge in [-0.3, -0.25) is 0 Å². The zero-order valence-electron chi connectivity index (χ0n) is 12.6. The molecule has 1 fully saturated rings. The van der Waals surface area contributed by atoms with Crippen molar-refractivity contribution in [2.45, 2.75) is 25.8 Å². The average Bonchev–Trinajstić information content (AvgIpc) is 2.46. The lowest BCUT2D eigenvalue weighted by Crippen LogP contribution is -2.31. The summed E-state index contributed by atoms with van der Waals surface area (Å²) in [5, 5.41) is 13.3. The van der Waals surface area contributed by atoms with Crippen LogP contribution in [0.5, 0.6) is 11.5 Å². The van der Waals surface area contributed by atoms with Crippen molar-refractivity contribution in [3.63, 3.8) is 0 Å². The lowest BCUT2D eigenvalue weighted by Gasteiger charge is -2.28. The molecule has 0 unspecified atom stereocenters. The van der Waals surface area contributed by atoms with E-state index in [0.717, 1.165) is 18.0 Å². The molecule has 0 aliphatic carbocycles. The Labute approximate surface area is 121 Å². The first-order chi connectivity index (χ1) is 9.69. The molecule has 112 valence electrons. The third-order valence-corrected chi connectivity index (χ3v) is 4.18. The number of aromatic hydroxyl groups is 1. The number of piperidine rings is 1. The number of phenols is 1. The summed E-state index contributed by atoms with van der Waals surface area (Å²) in [6.45, 7) is 4.18. The predicted molar refractivity (Wildman–Crippen MR) is 81.2 cm³/mol. The first-order valence-electron chi connectivity index (χ1n) is 7.44. The van der Waals surface area contributed by atoms with E-state index in [1.54, 1.807) is 13.2 Å². The van der Waals surface area contributed by atoms with Crippen LogP contribution in [0, 0.1) is 5.92 Å². The molecule has 0 amide bonds. The van der Waals surface area contributed by atoms with Gasteiger partial charge in [-0.1, -0.05) is 6.07 Å². The second-order valence-electron chi connectivity index (χ2n) is 5.71. The zero-order valence-corrected chi connectivity index (χ0v) is 12.6. The van der Waals surface area contributed by atoms with Crippen LogP contribution >= 0.6 is 0 Å². The number of ether oxygens (including phenoxy) is 1. The van der Waals surface area contributed by atoms with Crippen LogP contribution in [0.2, 0.25) is 0 Å². The van der Waals surface area contributed by atoms with Gasteiger partial charge in [-0.15, -0.1) is 0 Å². The Bertz CT molecular complexity index is 415. The average molecular weight is 278 g/mol. The fourth-order valence-electron chi connectivity index (χ4n) is 2.70. The molecule has 0 radical (unpaired) electrons. The van der Waals surface area contributed by atoms with Crippen LogP contribution in [-0.2, 0) is 6.54 Å². The largest absolute Gasteiger partial charge is 0.507 e. The van der Waals surface area contributed by atoms with Crippen molar-refractivity contribution in [1.29, 1.82) is 0 Å². The lowest BCUT2D eigenvalue weighted by atomic mass is 9.94. The van der Waals surface area contributed by atoms with Gasteiger partial charge in [-0.2, -0.15) is 0 Å². The Morgan fingerprint density at radius 3 is 2.75 bits per heavy atom. The van der Waals surface area contributed by atoms with Gasteiger partial charge in [0.05, 0.1) is 7.11 Å². The summed E-state index contributed by atoms with van der Waals surface area (Å²) < 4.78 is 5.08. The van der Waals surface area contributed by atoms with Crippen molar-refractivity contribution in [2.24, 2.45) is 5.92 Å². The van der Waals surface area contributed by atoms with Crippen LogP contribution in [0.25, 0.3) is 0 Å². The van der Waals surface area contributed by atoms with Crippen LogP contribution in [0.4, 0.5) is 0 Å². The highest BCUT2D eigenvalue weighted by Gasteiger charge is 2.15. The van der Waals surface area contributed by atoms with Crippen LogP contribution in [0.1, 0.15) is 24.8 Å². The second-order valence-corrected chi connectivity index (χ2v) is 5.71. The molecule has 0 saturated carbocycles. The van der Waals surface area contributed by atoms with E-state index in [4.69, 9.17) is 4.74 Å². The minimum Gasteiger partial charge on any atom is -0.507 e. The highest BCUT2D eigenvalue weighted by Crippen LogP contribution is 2.23. The van der Waals surface area contributed by atoms with Gasteiger partial charge in [0.1, 0.15) is 11.5 Å². The third-order valence-electron chi connectivity index (χ3n) is 4.18. The van der Waals surface area contributed by atoms with Gasteiger partial charge in [-0.25, -0.2) is 0 Å². The monoisotopic (exact) mass is 278 g/mol. The van der Waals surface area contributed by atoms with Gasteiger partial charge in [0.2, 0.25) is 0 Å². The van der Waals surface area contributed by atoms with E-state index in [1.165, 1.54) is 32.4 Å². The molecular weight excluding hydrogens is 252 g/mol. The van der Waals surface area contributed by atoms with E-state index in [9.17, 15) is 5.11 Å². The van der Waals surface area contributed by atoms with Gasteiger partial charge in [-0.05, 0) is 57.9 Å². The van der Waals surface area contributed by atoms with Crippen molar-refractivity contribution in [3.05, 3.63) is 23.8 Å². The number of nitrogens with zero attached hydrogens (tertiary/aromatic N) is 1. The topological polar surface area (TPSA) is 44.7 Å². The number of hydrogen-bond donors (Lipinski definition) is 2. The standard InChI is InChI=1S/C16H26N2O2/c1-18-9-6-13(7-10-18)5-8-17-12-14-3-4-15(20-2)11-16(14)19/h3-4,11,13,17,19H,5-10,12H2,1-2H3. The van der Waals surface area contributed by atoms with E-state index < -0.39 is 0 Å². The molecule has 0 spiro atoms. The molecule has 1 aromatic carbocycles. The second kappa shape index (κ2) is 7.50. The third kappa shape index (κ3) is 4.39. The molecule has 4 heteroatoms. The minimum absolute atomic E-state index is 0.302. The number of rotatable bonds is 6. The Morgan fingerprint density at radius 1 is 1.35 bits per heavy atom. The summed E-state index contributed by atoms with van der Waals surface area (Å²) in [6.07, 6.45) is 3.85. The zero-order chi connectivity index (χ0) is 14.4. The Balaban J connectivity index is 1.68. The fraction of sp³-hybridized carbons (Fsp3) is 0.625. The maximum absolute atomic E-state index is 9.87. The Morgan fingerprint density at radius 2 is 2.10 bits per heavy atom. The maximum atomic E-state index is 9.87. The number of methoxy groups -OCH3 is 1. The van der Waals surface area contributed by atoms with Gasteiger partial charge in [0, 0.05) is 18.2 Å². The molecule has 4 nitrogen and oxygen atoms in total. The van der Waals surface area contributed by atoms with Crippen LogP contribution in [-0.4, -0.2) is 43.8 Å². The number of phenolic OH excluding ortho intramolecular Hbond substituents is 1. The maximum Gasteiger partial charge on any atom is 0.123 e. The number of likely N-dealkylation sites (tertiary alicyclic amines) is 1. The molecule has 0 bridgehead atoms. The van der Waals surface area contributed by atoms with Gasteiger partial charge < -0.3 is 20.1 Å².